The number of ether oxygens (including phenoxy) is 1. The van der Waals surface area contributed by atoms with Crippen LogP contribution in [0.25, 0.3) is 0 Å². The van der Waals surface area contributed by atoms with Crippen molar-refractivity contribution < 1.29 is 9.53 Å². The lowest BCUT2D eigenvalue weighted by molar-refractivity contribution is -0.138. The van der Waals surface area contributed by atoms with Crippen molar-refractivity contribution in [2.45, 2.75) is 13.8 Å². The predicted molar refractivity (Wildman–Crippen MR) is 66.1 cm³/mol. The highest BCUT2D eigenvalue weighted by molar-refractivity contribution is 5.74. The normalized spacial score (nSPS) is 9.82. The van der Waals surface area contributed by atoms with Crippen molar-refractivity contribution in [2.75, 3.05) is 37.0 Å². The monoisotopic (exact) mass is 238 g/mol. The Bertz CT molecular complexity index is 366. The first kappa shape index (κ1) is 13.2. The van der Waals surface area contributed by atoms with Crippen LogP contribution in [0.15, 0.2) is 12.4 Å². The van der Waals surface area contributed by atoms with Crippen LogP contribution in [-0.2, 0) is 9.53 Å². The molecule has 0 aliphatic heterocycles. The molecule has 1 aromatic rings. The maximum atomic E-state index is 11.0. The molecule has 0 bridgehead atoms. The molecule has 0 saturated carbocycles. The SMILES string of the molecule is CCN(CC)c1cc(NCC(=O)OC)ncn1. The number of nitrogens with zero attached hydrogens (tertiary/aromatic N) is 3. The second kappa shape index (κ2) is 6.67. The lowest BCUT2D eigenvalue weighted by Gasteiger charge is -2.19. The molecule has 0 aliphatic carbocycles. The van der Waals surface area contributed by atoms with Gasteiger partial charge in [0.25, 0.3) is 0 Å². The number of carbonyl (C=O) groups excluding carboxylic acids is 1. The molecule has 0 fully saturated rings. The van der Waals surface area contributed by atoms with E-state index in [9.17, 15) is 4.79 Å². The zero-order chi connectivity index (χ0) is 12.7. The highest BCUT2D eigenvalue weighted by Crippen LogP contribution is 2.13. The average molecular weight is 238 g/mol. The van der Waals surface area contributed by atoms with Crippen LogP contribution in [0.5, 0.6) is 0 Å². The fraction of sp³-hybridized carbons (Fsp3) is 0.545. The van der Waals surface area contributed by atoms with Gasteiger partial charge < -0.3 is 15.0 Å². The molecule has 1 heterocycles. The van der Waals surface area contributed by atoms with Gasteiger partial charge in [0.15, 0.2) is 0 Å². The number of aromatic nitrogens is 2. The largest absolute Gasteiger partial charge is 0.468 e. The molecule has 0 aliphatic rings. The minimum Gasteiger partial charge on any atom is -0.468 e. The topological polar surface area (TPSA) is 67.4 Å². The number of rotatable bonds is 6. The number of esters is 1. The first-order valence-electron chi connectivity index (χ1n) is 5.58. The van der Waals surface area contributed by atoms with Gasteiger partial charge in [-0.15, -0.1) is 0 Å². The summed E-state index contributed by atoms with van der Waals surface area (Å²) in [7, 11) is 1.35. The van der Waals surface area contributed by atoms with Crippen LogP contribution in [0.3, 0.4) is 0 Å². The number of methoxy groups -OCH3 is 1. The molecule has 17 heavy (non-hydrogen) atoms. The molecule has 6 heteroatoms. The zero-order valence-corrected chi connectivity index (χ0v) is 10.4. The third-order valence-electron chi connectivity index (χ3n) is 2.38. The van der Waals surface area contributed by atoms with Crippen LogP contribution < -0.4 is 10.2 Å². The molecule has 0 saturated heterocycles. The van der Waals surface area contributed by atoms with Crippen LogP contribution in [0.4, 0.5) is 11.6 Å². The highest BCUT2D eigenvalue weighted by Gasteiger charge is 2.06. The molecule has 0 spiro atoms. The summed E-state index contributed by atoms with van der Waals surface area (Å²) in [4.78, 5) is 21.3. The fourth-order valence-corrected chi connectivity index (χ4v) is 1.40. The van der Waals surface area contributed by atoms with Crippen molar-refractivity contribution in [2.24, 2.45) is 0 Å². The summed E-state index contributed by atoms with van der Waals surface area (Å²) < 4.78 is 4.54. The number of anilines is 2. The Kier molecular flexibility index (Phi) is 5.19. The van der Waals surface area contributed by atoms with E-state index in [-0.39, 0.29) is 12.5 Å². The zero-order valence-electron chi connectivity index (χ0n) is 10.4. The molecule has 1 aromatic heterocycles. The Hall–Kier alpha value is -1.85. The average Bonchev–Trinajstić information content (AvgIpc) is 2.38. The van der Waals surface area contributed by atoms with Gasteiger partial charge in [-0.3, -0.25) is 4.79 Å². The van der Waals surface area contributed by atoms with E-state index in [0.717, 1.165) is 18.9 Å². The van der Waals surface area contributed by atoms with E-state index in [0.29, 0.717) is 5.82 Å². The summed E-state index contributed by atoms with van der Waals surface area (Å²) in [5, 5.41) is 2.89. The molecule has 0 atom stereocenters. The van der Waals surface area contributed by atoms with Gasteiger partial charge in [-0.2, -0.15) is 0 Å². The Morgan fingerprint density at radius 3 is 2.71 bits per heavy atom. The summed E-state index contributed by atoms with van der Waals surface area (Å²) in [6.45, 7) is 5.99. The third kappa shape index (κ3) is 3.90. The second-order valence-corrected chi connectivity index (χ2v) is 3.36. The molecule has 0 aromatic carbocycles. The minimum atomic E-state index is -0.326. The Morgan fingerprint density at radius 1 is 1.41 bits per heavy atom. The molecule has 1 N–H and O–H groups in total. The Balaban J connectivity index is 2.68. The van der Waals surface area contributed by atoms with Gasteiger partial charge in [0.1, 0.15) is 24.5 Å². The number of hydrogen-bond donors (Lipinski definition) is 1. The quantitative estimate of drug-likeness (QED) is 0.743. The van der Waals surface area contributed by atoms with Gasteiger partial charge in [-0.1, -0.05) is 0 Å². The van der Waals surface area contributed by atoms with Crippen LogP contribution in [-0.4, -0.2) is 42.7 Å². The van der Waals surface area contributed by atoms with E-state index >= 15 is 0 Å². The maximum absolute atomic E-state index is 11.0. The van der Waals surface area contributed by atoms with E-state index in [1.165, 1.54) is 13.4 Å². The minimum absolute atomic E-state index is 0.102. The summed E-state index contributed by atoms with van der Waals surface area (Å²) in [6, 6.07) is 1.82. The predicted octanol–water partition coefficient (Wildman–Crippen LogP) is 0.908. The fourth-order valence-electron chi connectivity index (χ4n) is 1.40. The van der Waals surface area contributed by atoms with Crippen LogP contribution in [0.2, 0.25) is 0 Å². The first-order valence-corrected chi connectivity index (χ1v) is 5.58. The van der Waals surface area contributed by atoms with Crippen LogP contribution in [0, 0.1) is 0 Å². The maximum Gasteiger partial charge on any atom is 0.325 e. The van der Waals surface area contributed by atoms with Crippen molar-refractivity contribution >= 4 is 17.6 Å². The van der Waals surface area contributed by atoms with Gasteiger partial charge in [0.2, 0.25) is 0 Å². The third-order valence-corrected chi connectivity index (χ3v) is 2.38. The van der Waals surface area contributed by atoms with Crippen LogP contribution >= 0.6 is 0 Å². The Labute approximate surface area is 101 Å². The van der Waals surface area contributed by atoms with Crippen molar-refractivity contribution in [3.8, 4) is 0 Å². The van der Waals surface area contributed by atoms with Gasteiger partial charge in [-0.05, 0) is 13.8 Å². The van der Waals surface area contributed by atoms with E-state index in [4.69, 9.17) is 0 Å². The van der Waals surface area contributed by atoms with Gasteiger partial charge in [0, 0.05) is 19.2 Å². The number of carbonyl (C=O) groups is 1. The summed E-state index contributed by atoms with van der Waals surface area (Å²) in [6.07, 6.45) is 1.48. The van der Waals surface area contributed by atoms with Crippen molar-refractivity contribution in [1.29, 1.82) is 0 Å². The van der Waals surface area contributed by atoms with E-state index in [1.54, 1.807) is 0 Å². The lowest BCUT2D eigenvalue weighted by Crippen LogP contribution is -2.23. The van der Waals surface area contributed by atoms with Gasteiger partial charge >= 0.3 is 5.97 Å². The number of nitrogens with one attached hydrogen (secondary N) is 1. The molecule has 0 amide bonds. The van der Waals surface area contributed by atoms with E-state index < -0.39 is 0 Å². The number of hydrogen-bond acceptors (Lipinski definition) is 6. The summed E-state index contributed by atoms with van der Waals surface area (Å²) in [5.74, 6) is 1.14. The van der Waals surface area contributed by atoms with Crippen LogP contribution in [0.1, 0.15) is 13.8 Å². The molecular weight excluding hydrogens is 220 g/mol. The van der Waals surface area contributed by atoms with E-state index in [2.05, 4.69) is 38.8 Å². The smallest absolute Gasteiger partial charge is 0.325 e. The molecular formula is C11H18N4O2. The van der Waals surface area contributed by atoms with Crippen molar-refractivity contribution in [3.63, 3.8) is 0 Å². The lowest BCUT2D eigenvalue weighted by atomic mass is 10.4. The molecule has 0 unspecified atom stereocenters. The standard InChI is InChI=1S/C11H18N4O2/c1-4-15(5-2)10-6-9(13-8-14-10)12-7-11(16)17-3/h6,8H,4-5,7H2,1-3H3,(H,12,13,14). The second-order valence-electron chi connectivity index (χ2n) is 3.36. The first-order chi connectivity index (χ1) is 8.21. The summed E-state index contributed by atoms with van der Waals surface area (Å²) in [5.41, 5.74) is 0. The van der Waals surface area contributed by atoms with Crippen molar-refractivity contribution in [1.82, 2.24) is 9.97 Å². The molecule has 6 nitrogen and oxygen atoms in total. The van der Waals surface area contributed by atoms with Crippen molar-refractivity contribution in [3.05, 3.63) is 12.4 Å². The molecule has 0 radical (unpaired) electrons. The summed E-state index contributed by atoms with van der Waals surface area (Å²) >= 11 is 0. The Morgan fingerprint density at radius 2 is 2.12 bits per heavy atom. The van der Waals surface area contributed by atoms with Gasteiger partial charge in [0.05, 0.1) is 7.11 Å². The van der Waals surface area contributed by atoms with E-state index in [1.807, 2.05) is 6.07 Å². The molecule has 1 rings (SSSR count). The molecule has 94 valence electrons. The van der Waals surface area contributed by atoms with Gasteiger partial charge in [-0.25, -0.2) is 9.97 Å². The highest BCUT2D eigenvalue weighted by atomic mass is 16.5.